The van der Waals surface area contributed by atoms with Crippen LogP contribution in [-0.2, 0) is 33.0 Å². The molecule has 2 heterocycles. The van der Waals surface area contributed by atoms with Crippen LogP contribution in [0.1, 0.15) is 47.2 Å². The van der Waals surface area contributed by atoms with E-state index < -0.39 is 0 Å². The number of hydrogen-bond donors (Lipinski definition) is 1. The Kier molecular flexibility index (Phi) is 4.99. The SMILES string of the molecule is CCn1nccc1CN(CCO)C(=O)c1nn(C)c2c1CCCC2. The highest BCUT2D eigenvalue weighted by Gasteiger charge is 2.27. The summed E-state index contributed by atoms with van der Waals surface area (Å²) in [6, 6.07) is 1.91. The number of nitrogens with zero attached hydrogens (tertiary/aromatic N) is 5. The van der Waals surface area contributed by atoms with E-state index in [9.17, 15) is 9.90 Å². The van der Waals surface area contributed by atoms with E-state index in [1.165, 1.54) is 5.69 Å². The van der Waals surface area contributed by atoms with E-state index >= 15 is 0 Å². The Labute approximate surface area is 141 Å². The van der Waals surface area contributed by atoms with E-state index in [1.54, 1.807) is 11.1 Å². The van der Waals surface area contributed by atoms with Gasteiger partial charge in [-0.05, 0) is 38.7 Å². The Morgan fingerprint density at radius 1 is 1.38 bits per heavy atom. The Morgan fingerprint density at radius 3 is 2.92 bits per heavy atom. The number of amides is 1. The standard InChI is InChI=1S/C17H25N5O2/c1-3-22-13(8-9-18-22)12-21(10-11-23)17(24)16-14-6-4-5-7-15(14)20(2)19-16/h8-9,23H,3-7,10-12H2,1-2H3. The molecule has 24 heavy (non-hydrogen) atoms. The van der Waals surface area contributed by atoms with E-state index in [4.69, 9.17) is 0 Å². The van der Waals surface area contributed by atoms with Gasteiger partial charge in [-0.15, -0.1) is 0 Å². The second-order valence-corrected chi connectivity index (χ2v) is 6.19. The maximum atomic E-state index is 13.1. The van der Waals surface area contributed by atoms with Gasteiger partial charge in [-0.25, -0.2) is 0 Å². The van der Waals surface area contributed by atoms with Gasteiger partial charge in [-0.2, -0.15) is 10.2 Å². The molecule has 7 heteroatoms. The third-order valence-corrected chi connectivity index (χ3v) is 4.68. The van der Waals surface area contributed by atoms with Crippen molar-refractivity contribution >= 4 is 5.91 Å². The Bertz CT molecular complexity index is 719. The van der Waals surface area contributed by atoms with E-state index in [0.29, 0.717) is 18.8 Å². The molecule has 0 bridgehead atoms. The predicted molar refractivity (Wildman–Crippen MR) is 89.6 cm³/mol. The normalized spacial score (nSPS) is 13.8. The Hall–Kier alpha value is -2.15. The quantitative estimate of drug-likeness (QED) is 0.861. The fourth-order valence-corrected chi connectivity index (χ4v) is 3.44. The summed E-state index contributed by atoms with van der Waals surface area (Å²) in [4.78, 5) is 14.7. The molecule has 3 rings (SSSR count). The molecule has 7 nitrogen and oxygen atoms in total. The number of hydrogen-bond acceptors (Lipinski definition) is 4. The maximum absolute atomic E-state index is 13.1. The van der Waals surface area contributed by atoms with E-state index in [2.05, 4.69) is 10.2 Å². The second kappa shape index (κ2) is 7.17. The van der Waals surface area contributed by atoms with Crippen molar-refractivity contribution in [1.29, 1.82) is 0 Å². The molecule has 2 aromatic rings. The molecule has 1 aliphatic rings. The van der Waals surface area contributed by atoms with Crippen molar-refractivity contribution < 1.29 is 9.90 Å². The number of rotatable bonds is 6. The number of carbonyl (C=O) groups excluding carboxylic acids is 1. The number of aromatic nitrogens is 4. The van der Waals surface area contributed by atoms with Gasteiger partial charge in [0.2, 0.25) is 0 Å². The summed E-state index contributed by atoms with van der Waals surface area (Å²) in [6.07, 6.45) is 5.87. The van der Waals surface area contributed by atoms with Crippen molar-refractivity contribution in [3.05, 3.63) is 34.9 Å². The summed E-state index contributed by atoms with van der Waals surface area (Å²) in [5.74, 6) is -0.105. The molecule has 2 aromatic heterocycles. The van der Waals surface area contributed by atoms with Crippen LogP contribution in [0.3, 0.4) is 0 Å². The van der Waals surface area contributed by atoms with Crippen LogP contribution in [0.4, 0.5) is 0 Å². The summed E-state index contributed by atoms with van der Waals surface area (Å²) >= 11 is 0. The molecule has 0 saturated carbocycles. The molecule has 0 spiro atoms. The van der Waals surface area contributed by atoms with E-state index in [1.807, 2.05) is 29.4 Å². The number of aryl methyl sites for hydroxylation is 2. The maximum Gasteiger partial charge on any atom is 0.275 e. The van der Waals surface area contributed by atoms with Crippen LogP contribution >= 0.6 is 0 Å². The van der Waals surface area contributed by atoms with E-state index in [0.717, 1.165) is 43.5 Å². The predicted octanol–water partition coefficient (Wildman–Crippen LogP) is 1.15. The highest BCUT2D eigenvalue weighted by molar-refractivity contribution is 5.94. The van der Waals surface area contributed by atoms with Crippen molar-refractivity contribution in [2.45, 2.75) is 45.7 Å². The third kappa shape index (κ3) is 3.08. The van der Waals surface area contributed by atoms with Crippen molar-refractivity contribution in [2.75, 3.05) is 13.2 Å². The van der Waals surface area contributed by atoms with Gasteiger partial charge >= 0.3 is 0 Å². The molecule has 1 aliphatic carbocycles. The van der Waals surface area contributed by atoms with Gasteiger partial charge in [0.1, 0.15) is 0 Å². The largest absolute Gasteiger partial charge is 0.395 e. The van der Waals surface area contributed by atoms with Crippen LogP contribution in [0.2, 0.25) is 0 Å². The van der Waals surface area contributed by atoms with Crippen LogP contribution in [0.25, 0.3) is 0 Å². The number of aliphatic hydroxyl groups excluding tert-OH is 1. The number of fused-ring (bicyclic) bond motifs is 1. The van der Waals surface area contributed by atoms with Gasteiger partial charge in [0, 0.05) is 37.6 Å². The first kappa shape index (κ1) is 16.7. The van der Waals surface area contributed by atoms with Crippen LogP contribution in [0, 0.1) is 0 Å². The number of carbonyl (C=O) groups is 1. The third-order valence-electron chi connectivity index (χ3n) is 4.68. The van der Waals surface area contributed by atoms with Crippen molar-refractivity contribution in [3.8, 4) is 0 Å². The highest BCUT2D eigenvalue weighted by atomic mass is 16.3. The van der Waals surface area contributed by atoms with Gasteiger partial charge in [0.15, 0.2) is 5.69 Å². The topological polar surface area (TPSA) is 76.2 Å². The smallest absolute Gasteiger partial charge is 0.275 e. The highest BCUT2D eigenvalue weighted by Crippen LogP contribution is 2.25. The van der Waals surface area contributed by atoms with Gasteiger partial charge < -0.3 is 10.0 Å². The summed E-state index contributed by atoms with van der Waals surface area (Å²) in [6.45, 7) is 3.42. The summed E-state index contributed by atoms with van der Waals surface area (Å²) in [7, 11) is 1.91. The summed E-state index contributed by atoms with van der Waals surface area (Å²) in [5.41, 5.74) is 3.76. The molecule has 0 aliphatic heterocycles. The zero-order valence-corrected chi connectivity index (χ0v) is 14.4. The first-order chi connectivity index (χ1) is 11.7. The average Bonchev–Trinajstić information content (AvgIpc) is 3.18. The minimum Gasteiger partial charge on any atom is -0.395 e. The first-order valence-corrected chi connectivity index (χ1v) is 8.61. The summed E-state index contributed by atoms with van der Waals surface area (Å²) in [5, 5.41) is 18.1. The van der Waals surface area contributed by atoms with Gasteiger partial charge in [-0.3, -0.25) is 14.2 Å². The van der Waals surface area contributed by atoms with Crippen LogP contribution in [-0.4, -0.2) is 48.6 Å². The Balaban J connectivity index is 1.87. The molecule has 130 valence electrons. The lowest BCUT2D eigenvalue weighted by Crippen LogP contribution is -2.34. The van der Waals surface area contributed by atoms with Gasteiger partial charge in [0.05, 0.1) is 18.8 Å². The number of aliphatic hydroxyl groups is 1. The molecule has 1 amide bonds. The Morgan fingerprint density at radius 2 is 2.17 bits per heavy atom. The molecule has 0 unspecified atom stereocenters. The molecule has 1 N–H and O–H groups in total. The van der Waals surface area contributed by atoms with Crippen molar-refractivity contribution in [1.82, 2.24) is 24.5 Å². The lowest BCUT2D eigenvalue weighted by atomic mass is 9.95. The summed E-state index contributed by atoms with van der Waals surface area (Å²) < 4.78 is 3.71. The lowest BCUT2D eigenvalue weighted by Gasteiger charge is -2.22. The van der Waals surface area contributed by atoms with Crippen LogP contribution in [0.15, 0.2) is 12.3 Å². The molecule has 0 fully saturated rings. The fourth-order valence-electron chi connectivity index (χ4n) is 3.44. The molecular formula is C17H25N5O2. The van der Waals surface area contributed by atoms with Crippen LogP contribution in [0.5, 0.6) is 0 Å². The van der Waals surface area contributed by atoms with Crippen molar-refractivity contribution in [3.63, 3.8) is 0 Å². The minimum atomic E-state index is -0.105. The average molecular weight is 331 g/mol. The molecule has 0 radical (unpaired) electrons. The first-order valence-electron chi connectivity index (χ1n) is 8.61. The lowest BCUT2D eigenvalue weighted by molar-refractivity contribution is 0.0695. The monoisotopic (exact) mass is 331 g/mol. The fraction of sp³-hybridized carbons (Fsp3) is 0.588. The van der Waals surface area contributed by atoms with Crippen LogP contribution < -0.4 is 0 Å². The van der Waals surface area contributed by atoms with E-state index in [-0.39, 0.29) is 12.5 Å². The zero-order chi connectivity index (χ0) is 17.1. The van der Waals surface area contributed by atoms with Gasteiger partial charge in [0.25, 0.3) is 5.91 Å². The second-order valence-electron chi connectivity index (χ2n) is 6.19. The molecule has 0 aromatic carbocycles. The van der Waals surface area contributed by atoms with Gasteiger partial charge in [-0.1, -0.05) is 0 Å². The molecule has 0 atom stereocenters. The molecular weight excluding hydrogens is 306 g/mol. The molecule has 0 saturated heterocycles. The minimum absolute atomic E-state index is 0.0684. The van der Waals surface area contributed by atoms with Crippen molar-refractivity contribution in [2.24, 2.45) is 7.05 Å². The zero-order valence-electron chi connectivity index (χ0n) is 14.4.